The van der Waals surface area contributed by atoms with Crippen LogP contribution in [-0.4, -0.2) is 35.1 Å². The average Bonchev–Trinajstić information content (AvgIpc) is 2.68. The highest BCUT2D eigenvalue weighted by atomic mass is 16.3. The summed E-state index contributed by atoms with van der Waals surface area (Å²) in [7, 11) is 0. The second kappa shape index (κ2) is 4.36. The van der Waals surface area contributed by atoms with Gasteiger partial charge in [-0.1, -0.05) is 0 Å². The van der Waals surface area contributed by atoms with Gasteiger partial charge in [0.25, 0.3) is 11.5 Å². The monoisotopic (exact) mass is 223 g/mol. The van der Waals surface area contributed by atoms with Crippen molar-refractivity contribution in [1.29, 1.82) is 0 Å². The Hall–Kier alpha value is -1.82. The van der Waals surface area contributed by atoms with Gasteiger partial charge in [-0.25, -0.2) is 0 Å². The average molecular weight is 223 g/mol. The van der Waals surface area contributed by atoms with Crippen LogP contribution in [0.15, 0.2) is 16.9 Å². The van der Waals surface area contributed by atoms with E-state index in [1.54, 1.807) is 0 Å². The fourth-order valence-electron chi connectivity index (χ4n) is 1.71. The summed E-state index contributed by atoms with van der Waals surface area (Å²) in [6, 6.07) is 2.49. The summed E-state index contributed by atoms with van der Waals surface area (Å²) < 4.78 is 0. The standard InChI is InChI=1S/C10H13N3O3/c14-8-3-6(4-9(15)13-8)10(16)12-7-1-2-11-5-7/h3-4,7,11H,1-2,5H2,(H,12,16)(H2,13,14,15). The van der Waals surface area contributed by atoms with E-state index in [4.69, 9.17) is 5.11 Å². The number of hydrogen-bond acceptors (Lipinski definition) is 4. The van der Waals surface area contributed by atoms with Crippen LogP contribution in [0, 0.1) is 0 Å². The summed E-state index contributed by atoms with van der Waals surface area (Å²) in [5.41, 5.74) is -0.317. The molecule has 1 saturated heterocycles. The van der Waals surface area contributed by atoms with Gasteiger partial charge in [-0.3, -0.25) is 14.6 Å². The van der Waals surface area contributed by atoms with E-state index in [0.717, 1.165) is 25.6 Å². The first-order valence-electron chi connectivity index (χ1n) is 5.10. The molecule has 2 heterocycles. The second-order valence-electron chi connectivity index (χ2n) is 3.78. The molecule has 6 nitrogen and oxygen atoms in total. The largest absolute Gasteiger partial charge is 0.494 e. The van der Waals surface area contributed by atoms with Gasteiger partial charge in [-0.2, -0.15) is 0 Å². The minimum atomic E-state index is -0.491. The summed E-state index contributed by atoms with van der Waals surface area (Å²) in [5, 5.41) is 15.1. The first kappa shape index (κ1) is 10.7. The molecule has 1 aromatic heterocycles. The molecule has 0 aromatic carbocycles. The predicted octanol–water partition coefficient (Wildman–Crippen LogP) is -0.828. The van der Waals surface area contributed by atoms with Crippen molar-refractivity contribution in [2.24, 2.45) is 0 Å². The Morgan fingerprint density at radius 1 is 1.50 bits per heavy atom. The number of aromatic amines is 1. The third kappa shape index (κ3) is 2.40. The minimum Gasteiger partial charge on any atom is -0.494 e. The molecular weight excluding hydrogens is 210 g/mol. The fourth-order valence-corrected chi connectivity index (χ4v) is 1.71. The van der Waals surface area contributed by atoms with Crippen LogP contribution in [0.5, 0.6) is 5.88 Å². The number of carbonyl (C=O) groups is 1. The number of aromatic hydroxyl groups is 1. The maximum atomic E-state index is 11.7. The number of carbonyl (C=O) groups excluding carboxylic acids is 1. The molecule has 4 N–H and O–H groups in total. The SMILES string of the molecule is O=C(NC1CCNC1)c1cc(O)[nH]c(=O)c1. The van der Waals surface area contributed by atoms with Crippen molar-refractivity contribution in [2.75, 3.05) is 13.1 Å². The van der Waals surface area contributed by atoms with Crippen LogP contribution in [-0.2, 0) is 0 Å². The lowest BCUT2D eigenvalue weighted by Crippen LogP contribution is -2.36. The number of hydrogen-bond donors (Lipinski definition) is 4. The third-order valence-electron chi connectivity index (χ3n) is 2.49. The zero-order chi connectivity index (χ0) is 11.5. The van der Waals surface area contributed by atoms with Crippen molar-refractivity contribution in [3.05, 3.63) is 28.0 Å². The van der Waals surface area contributed by atoms with E-state index < -0.39 is 5.56 Å². The van der Waals surface area contributed by atoms with Gasteiger partial charge in [0, 0.05) is 24.7 Å². The molecule has 0 aliphatic carbocycles. The molecule has 0 spiro atoms. The molecule has 0 bridgehead atoms. The van der Waals surface area contributed by atoms with Gasteiger partial charge in [0.2, 0.25) is 0 Å². The molecule has 0 radical (unpaired) electrons. The molecule has 1 fully saturated rings. The second-order valence-corrected chi connectivity index (χ2v) is 3.78. The van der Waals surface area contributed by atoms with E-state index in [1.165, 1.54) is 6.07 Å². The summed E-state index contributed by atoms with van der Waals surface area (Å²) in [6.45, 7) is 1.62. The van der Waals surface area contributed by atoms with Gasteiger partial charge >= 0.3 is 0 Å². The molecule has 1 aliphatic heterocycles. The van der Waals surface area contributed by atoms with Crippen LogP contribution in [0.25, 0.3) is 0 Å². The Kier molecular flexibility index (Phi) is 2.91. The van der Waals surface area contributed by atoms with Crippen LogP contribution in [0.1, 0.15) is 16.8 Å². The summed E-state index contributed by atoms with van der Waals surface area (Å²) in [5.74, 6) is -0.641. The van der Waals surface area contributed by atoms with E-state index in [0.29, 0.717) is 0 Å². The Labute approximate surface area is 91.7 Å². The van der Waals surface area contributed by atoms with Crippen molar-refractivity contribution in [1.82, 2.24) is 15.6 Å². The van der Waals surface area contributed by atoms with Crippen LogP contribution in [0.3, 0.4) is 0 Å². The topological polar surface area (TPSA) is 94.2 Å². The van der Waals surface area contributed by atoms with E-state index in [9.17, 15) is 9.59 Å². The van der Waals surface area contributed by atoms with Crippen LogP contribution >= 0.6 is 0 Å². The molecule has 1 atom stereocenters. The van der Waals surface area contributed by atoms with Gasteiger partial charge in [-0.05, 0) is 13.0 Å². The van der Waals surface area contributed by atoms with Gasteiger partial charge in [0.05, 0.1) is 5.56 Å². The Morgan fingerprint density at radius 2 is 2.31 bits per heavy atom. The first-order chi connectivity index (χ1) is 7.65. The lowest BCUT2D eigenvalue weighted by atomic mass is 10.2. The fraction of sp³-hybridized carbons (Fsp3) is 0.400. The summed E-state index contributed by atoms with van der Waals surface area (Å²) >= 11 is 0. The van der Waals surface area contributed by atoms with E-state index in [2.05, 4.69) is 15.6 Å². The Balaban J connectivity index is 2.10. The molecule has 1 aliphatic rings. The Bertz CT molecular complexity index is 449. The highest BCUT2D eigenvalue weighted by molar-refractivity contribution is 5.94. The number of H-pyrrole nitrogens is 1. The van der Waals surface area contributed by atoms with Gasteiger partial charge in [0.15, 0.2) is 5.88 Å². The number of amides is 1. The summed E-state index contributed by atoms with van der Waals surface area (Å²) in [4.78, 5) is 24.9. The maximum Gasteiger partial charge on any atom is 0.251 e. The number of aromatic nitrogens is 1. The van der Waals surface area contributed by atoms with Crippen LogP contribution in [0.2, 0.25) is 0 Å². The summed E-state index contributed by atoms with van der Waals surface area (Å²) in [6.07, 6.45) is 0.876. The zero-order valence-electron chi connectivity index (χ0n) is 8.62. The van der Waals surface area contributed by atoms with Crippen LogP contribution in [0.4, 0.5) is 0 Å². The predicted molar refractivity (Wildman–Crippen MR) is 57.5 cm³/mol. The smallest absolute Gasteiger partial charge is 0.251 e. The van der Waals surface area contributed by atoms with Gasteiger partial charge < -0.3 is 15.7 Å². The first-order valence-corrected chi connectivity index (χ1v) is 5.10. The third-order valence-corrected chi connectivity index (χ3v) is 2.49. The zero-order valence-corrected chi connectivity index (χ0v) is 8.62. The molecule has 16 heavy (non-hydrogen) atoms. The quantitative estimate of drug-likeness (QED) is 0.526. The maximum absolute atomic E-state index is 11.7. The molecule has 0 saturated carbocycles. The molecule has 6 heteroatoms. The number of nitrogens with one attached hydrogen (secondary N) is 3. The van der Waals surface area contributed by atoms with Crippen molar-refractivity contribution in [3.8, 4) is 5.88 Å². The molecule has 2 rings (SSSR count). The van der Waals surface area contributed by atoms with E-state index in [1.807, 2.05) is 0 Å². The molecule has 1 unspecified atom stereocenters. The highest BCUT2D eigenvalue weighted by Crippen LogP contribution is 2.05. The lowest BCUT2D eigenvalue weighted by Gasteiger charge is -2.10. The normalized spacial score (nSPS) is 19.6. The lowest BCUT2D eigenvalue weighted by molar-refractivity contribution is 0.0939. The van der Waals surface area contributed by atoms with E-state index >= 15 is 0 Å². The van der Waals surface area contributed by atoms with Crippen LogP contribution < -0.4 is 16.2 Å². The molecular formula is C10H13N3O3. The molecule has 1 amide bonds. The van der Waals surface area contributed by atoms with Crippen molar-refractivity contribution in [2.45, 2.75) is 12.5 Å². The molecule has 86 valence electrons. The number of pyridine rings is 1. The highest BCUT2D eigenvalue weighted by Gasteiger charge is 2.17. The minimum absolute atomic E-state index is 0.0916. The van der Waals surface area contributed by atoms with E-state index in [-0.39, 0.29) is 23.4 Å². The Morgan fingerprint density at radius 3 is 2.94 bits per heavy atom. The van der Waals surface area contributed by atoms with Crippen molar-refractivity contribution in [3.63, 3.8) is 0 Å². The van der Waals surface area contributed by atoms with Crippen molar-refractivity contribution < 1.29 is 9.90 Å². The van der Waals surface area contributed by atoms with Gasteiger partial charge in [-0.15, -0.1) is 0 Å². The molecule has 1 aromatic rings. The number of rotatable bonds is 2. The van der Waals surface area contributed by atoms with Gasteiger partial charge in [0.1, 0.15) is 0 Å². The van der Waals surface area contributed by atoms with Crippen molar-refractivity contribution >= 4 is 5.91 Å².